The highest BCUT2D eigenvalue weighted by Crippen LogP contribution is 2.17. The largest absolute Gasteiger partial charge is 0.376 e. The second-order valence-corrected chi connectivity index (χ2v) is 7.38. The Balaban J connectivity index is 0.00000220. The molecule has 2 saturated heterocycles. The van der Waals surface area contributed by atoms with Crippen molar-refractivity contribution in [1.29, 1.82) is 0 Å². The first-order valence-corrected chi connectivity index (χ1v) is 9.01. The number of likely N-dealkylation sites (tertiary alicyclic amines) is 1. The second kappa shape index (κ2) is 9.93. The Morgan fingerprint density at radius 3 is 2.95 bits per heavy atom. The van der Waals surface area contributed by atoms with Crippen molar-refractivity contribution < 1.29 is 9.53 Å². The molecule has 0 aromatic rings. The van der Waals surface area contributed by atoms with Crippen LogP contribution in [0.1, 0.15) is 33.1 Å². The highest BCUT2D eigenvalue weighted by atomic mass is 35.5. The lowest BCUT2D eigenvalue weighted by Gasteiger charge is -2.25. The minimum atomic E-state index is 0. The van der Waals surface area contributed by atoms with Crippen LogP contribution in [0.15, 0.2) is 0 Å². The van der Waals surface area contributed by atoms with Gasteiger partial charge in [-0.05, 0) is 18.8 Å². The molecule has 4 nitrogen and oxygen atoms in total. The lowest BCUT2D eigenvalue weighted by Crippen LogP contribution is -2.42. The van der Waals surface area contributed by atoms with Crippen LogP contribution in [0.4, 0.5) is 0 Å². The number of carbonyl (C=O) groups is 1. The summed E-state index contributed by atoms with van der Waals surface area (Å²) in [7, 11) is 0. The fraction of sp³-hybridized carbons (Fsp3) is 0.933. The zero-order valence-electron chi connectivity index (χ0n) is 13.2. The molecule has 0 aliphatic carbocycles. The van der Waals surface area contributed by atoms with Crippen LogP contribution in [-0.2, 0) is 9.53 Å². The summed E-state index contributed by atoms with van der Waals surface area (Å²) in [6, 6.07) is 0.363. The minimum absolute atomic E-state index is 0. The van der Waals surface area contributed by atoms with Gasteiger partial charge in [-0.1, -0.05) is 13.8 Å². The maximum atomic E-state index is 12.3. The monoisotopic (exact) mass is 336 g/mol. The third-order valence-corrected chi connectivity index (χ3v) is 5.10. The van der Waals surface area contributed by atoms with Crippen LogP contribution in [0, 0.1) is 5.92 Å². The van der Waals surface area contributed by atoms with Crippen molar-refractivity contribution in [2.24, 2.45) is 5.92 Å². The van der Waals surface area contributed by atoms with Crippen LogP contribution in [0.3, 0.4) is 0 Å². The first-order chi connectivity index (χ1) is 9.65. The van der Waals surface area contributed by atoms with E-state index in [1.54, 1.807) is 0 Å². The Morgan fingerprint density at radius 2 is 2.29 bits per heavy atom. The minimum Gasteiger partial charge on any atom is -0.376 e. The predicted octanol–water partition coefficient (Wildman–Crippen LogP) is 2.17. The fourth-order valence-corrected chi connectivity index (χ4v) is 3.60. The number of nitrogens with zero attached hydrogens (tertiary/aromatic N) is 1. The van der Waals surface area contributed by atoms with E-state index in [1.165, 1.54) is 5.75 Å². The number of nitrogens with one attached hydrogen (secondary N) is 1. The first-order valence-electron chi connectivity index (χ1n) is 7.85. The third kappa shape index (κ3) is 6.76. The molecule has 124 valence electrons. The van der Waals surface area contributed by atoms with Crippen LogP contribution < -0.4 is 5.32 Å². The summed E-state index contributed by atoms with van der Waals surface area (Å²) in [5, 5.41) is 3.43. The number of rotatable bonds is 6. The molecule has 0 aromatic carbocycles. The van der Waals surface area contributed by atoms with Gasteiger partial charge in [0.15, 0.2) is 0 Å². The van der Waals surface area contributed by atoms with E-state index < -0.39 is 0 Å². The zero-order chi connectivity index (χ0) is 14.4. The fourth-order valence-electron chi connectivity index (χ4n) is 2.65. The van der Waals surface area contributed by atoms with Gasteiger partial charge < -0.3 is 15.0 Å². The third-order valence-electron chi connectivity index (χ3n) is 3.97. The SMILES string of the molecule is CC(C)CCOC1CCN(C(=O)CC2CSCCN2)C1.Cl. The summed E-state index contributed by atoms with van der Waals surface area (Å²) < 4.78 is 5.87. The van der Waals surface area contributed by atoms with Crippen molar-refractivity contribution in [1.82, 2.24) is 10.2 Å². The van der Waals surface area contributed by atoms with Gasteiger partial charge in [-0.15, -0.1) is 12.4 Å². The quantitative estimate of drug-likeness (QED) is 0.807. The van der Waals surface area contributed by atoms with Crippen molar-refractivity contribution >= 4 is 30.1 Å². The van der Waals surface area contributed by atoms with E-state index in [1.807, 2.05) is 16.7 Å². The molecule has 0 bridgehead atoms. The normalized spacial score (nSPS) is 26.0. The second-order valence-electron chi connectivity index (χ2n) is 6.23. The van der Waals surface area contributed by atoms with Crippen molar-refractivity contribution in [2.45, 2.75) is 45.3 Å². The lowest BCUT2D eigenvalue weighted by atomic mass is 10.1. The number of carbonyl (C=O) groups excluding carboxylic acids is 1. The van der Waals surface area contributed by atoms with E-state index in [-0.39, 0.29) is 18.5 Å². The summed E-state index contributed by atoms with van der Waals surface area (Å²) in [5.74, 6) is 3.21. The van der Waals surface area contributed by atoms with Gasteiger partial charge >= 0.3 is 0 Å². The van der Waals surface area contributed by atoms with E-state index >= 15 is 0 Å². The van der Waals surface area contributed by atoms with Gasteiger partial charge in [0, 0.05) is 50.2 Å². The molecule has 21 heavy (non-hydrogen) atoms. The molecule has 2 rings (SSSR count). The average molecular weight is 337 g/mol. The molecular formula is C15H29ClN2O2S. The Morgan fingerprint density at radius 1 is 1.48 bits per heavy atom. The van der Waals surface area contributed by atoms with Gasteiger partial charge in [0.25, 0.3) is 0 Å². The van der Waals surface area contributed by atoms with Crippen molar-refractivity contribution in [3.8, 4) is 0 Å². The molecule has 2 heterocycles. The van der Waals surface area contributed by atoms with E-state index in [0.29, 0.717) is 24.3 Å². The highest BCUT2D eigenvalue weighted by molar-refractivity contribution is 7.99. The molecule has 2 aliphatic heterocycles. The Bertz CT molecular complexity index is 312. The van der Waals surface area contributed by atoms with Crippen LogP contribution in [0.25, 0.3) is 0 Å². The standard InChI is InChI=1S/C15H28N2O2S.ClH/c1-12(2)4-7-19-14-3-6-17(10-14)15(18)9-13-11-20-8-5-16-13;/h12-14,16H,3-11H2,1-2H3;1H. The average Bonchev–Trinajstić information content (AvgIpc) is 2.88. The lowest BCUT2D eigenvalue weighted by molar-refractivity contribution is -0.131. The Labute approximate surface area is 139 Å². The summed E-state index contributed by atoms with van der Waals surface area (Å²) >= 11 is 1.94. The molecule has 0 saturated carbocycles. The molecular weight excluding hydrogens is 308 g/mol. The van der Waals surface area contributed by atoms with Crippen LogP contribution in [0.5, 0.6) is 0 Å². The van der Waals surface area contributed by atoms with Crippen molar-refractivity contribution in [3.63, 3.8) is 0 Å². The molecule has 2 fully saturated rings. The maximum absolute atomic E-state index is 12.3. The maximum Gasteiger partial charge on any atom is 0.224 e. The van der Waals surface area contributed by atoms with Gasteiger partial charge in [-0.25, -0.2) is 0 Å². The topological polar surface area (TPSA) is 41.6 Å². The van der Waals surface area contributed by atoms with Crippen molar-refractivity contribution in [2.75, 3.05) is 37.7 Å². The number of amides is 1. The molecule has 2 unspecified atom stereocenters. The molecule has 6 heteroatoms. The van der Waals surface area contributed by atoms with Gasteiger partial charge in [0.1, 0.15) is 0 Å². The van der Waals surface area contributed by atoms with Gasteiger partial charge in [0.05, 0.1) is 6.10 Å². The van der Waals surface area contributed by atoms with Gasteiger partial charge in [-0.2, -0.15) is 11.8 Å². The number of hydrogen-bond acceptors (Lipinski definition) is 4. The summed E-state index contributed by atoms with van der Waals surface area (Å²) in [6.45, 7) is 7.93. The van der Waals surface area contributed by atoms with Gasteiger partial charge in [-0.3, -0.25) is 4.79 Å². The van der Waals surface area contributed by atoms with E-state index in [2.05, 4.69) is 19.2 Å². The van der Waals surface area contributed by atoms with Crippen LogP contribution >= 0.6 is 24.2 Å². The molecule has 2 aliphatic rings. The van der Waals surface area contributed by atoms with E-state index in [4.69, 9.17) is 4.74 Å². The zero-order valence-corrected chi connectivity index (χ0v) is 14.8. The first kappa shape index (κ1) is 19.1. The number of halogens is 1. The molecule has 0 radical (unpaired) electrons. The van der Waals surface area contributed by atoms with Crippen LogP contribution in [0.2, 0.25) is 0 Å². The molecule has 2 atom stereocenters. The highest BCUT2D eigenvalue weighted by Gasteiger charge is 2.28. The molecule has 0 spiro atoms. The Hall–Kier alpha value is 0.0300. The van der Waals surface area contributed by atoms with E-state index in [9.17, 15) is 4.79 Å². The Kier molecular flexibility index (Phi) is 9.02. The summed E-state index contributed by atoms with van der Waals surface area (Å²) in [5.41, 5.74) is 0. The summed E-state index contributed by atoms with van der Waals surface area (Å²) in [4.78, 5) is 14.2. The number of thioether (sulfide) groups is 1. The van der Waals surface area contributed by atoms with Gasteiger partial charge in [0.2, 0.25) is 5.91 Å². The number of ether oxygens (including phenoxy) is 1. The summed E-state index contributed by atoms with van der Waals surface area (Å²) in [6.07, 6.45) is 3.00. The van der Waals surface area contributed by atoms with Crippen LogP contribution in [-0.4, -0.2) is 60.7 Å². The molecule has 0 aromatic heterocycles. The smallest absolute Gasteiger partial charge is 0.224 e. The van der Waals surface area contributed by atoms with Crippen molar-refractivity contribution in [3.05, 3.63) is 0 Å². The van der Waals surface area contributed by atoms with E-state index in [0.717, 1.165) is 44.8 Å². The predicted molar refractivity (Wildman–Crippen MR) is 91.4 cm³/mol. The molecule has 1 N–H and O–H groups in total. The molecule has 1 amide bonds. The number of hydrogen-bond donors (Lipinski definition) is 1.